The summed E-state index contributed by atoms with van der Waals surface area (Å²) >= 11 is 0. The predicted octanol–water partition coefficient (Wildman–Crippen LogP) is 10.6. The Bertz CT molecular complexity index is 1470. The van der Waals surface area contributed by atoms with Crippen LogP contribution in [0.3, 0.4) is 0 Å². The molecule has 1 atom stereocenters. The molecule has 3 aromatic rings. The molecule has 4 N–H and O–H groups in total. The predicted molar refractivity (Wildman–Crippen MR) is 213 cm³/mol. The number of amides is 2. The number of rotatable bonds is 28. The summed E-state index contributed by atoms with van der Waals surface area (Å²) in [5.41, 5.74) is 4.41. The van der Waals surface area contributed by atoms with E-state index in [0.717, 1.165) is 65.8 Å². The minimum Gasteiger partial charge on any atom is -0.497 e. The lowest BCUT2D eigenvalue weighted by Crippen LogP contribution is -2.44. The summed E-state index contributed by atoms with van der Waals surface area (Å²) in [5, 5.41) is 10.5. The molecule has 282 valence electrons. The molecule has 51 heavy (non-hydrogen) atoms. The van der Waals surface area contributed by atoms with E-state index in [9.17, 15) is 14.4 Å². The quantitative estimate of drug-likeness (QED) is 0.0563. The van der Waals surface area contributed by atoms with Gasteiger partial charge in [-0.1, -0.05) is 109 Å². The zero-order valence-electron chi connectivity index (χ0n) is 32.1. The van der Waals surface area contributed by atoms with Crippen LogP contribution in [0.15, 0.2) is 42.5 Å². The minimum absolute atomic E-state index is 0.145. The molecule has 0 bridgehead atoms. The van der Waals surface area contributed by atoms with E-state index in [0.29, 0.717) is 18.5 Å². The summed E-state index contributed by atoms with van der Waals surface area (Å²) in [6.45, 7) is 6.72. The van der Waals surface area contributed by atoms with E-state index < -0.39 is 6.04 Å². The van der Waals surface area contributed by atoms with Crippen molar-refractivity contribution >= 4 is 39.9 Å². The zero-order valence-corrected chi connectivity index (χ0v) is 32.1. The van der Waals surface area contributed by atoms with Gasteiger partial charge in [-0.05, 0) is 75.1 Å². The Morgan fingerprint density at radius 1 is 0.765 bits per heavy atom. The van der Waals surface area contributed by atoms with Crippen molar-refractivity contribution in [3.8, 4) is 5.75 Å². The molecule has 0 saturated heterocycles. The van der Waals surface area contributed by atoms with Gasteiger partial charge in [-0.2, -0.15) is 0 Å². The number of carbonyl (C=O) groups excluding carboxylic acids is 3. The van der Waals surface area contributed by atoms with E-state index in [1.54, 1.807) is 14.0 Å². The van der Waals surface area contributed by atoms with Crippen LogP contribution in [-0.4, -0.2) is 42.3 Å². The number of anilines is 2. The third-order valence-corrected chi connectivity index (χ3v) is 9.83. The Kier molecular flexibility index (Phi) is 19.9. The van der Waals surface area contributed by atoms with Crippen molar-refractivity contribution in [2.24, 2.45) is 0 Å². The second kappa shape index (κ2) is 24.4. The second-order valence-electron chi connectivity index (χ2n) is 14.3. The number of ketones is 1. The number of ether oxygens (including phenoxy) is 1. The van der Waals surface area contributed by atoms with Crippen LogP contribution in [-0.2, 0) is 20.8 Å². The molecule has 0 saturated carbocycles. The molecule has 3 rings (SSSR count). The van der Waals surface area contributed by atoms with Gasteiger partial charge in [0.15, 0.2) is 0 Å². The van der Waals surface area contributed by atoms with Gasteiger partial charge in [0.25, 0.3) is 0 Å². The fraction of sp³-hybridized carbons (Fsp3) is 0.605. The minimum atomic E-state index is -0.693. The molecule has 2 aromatic carbocycles. The van der Waals surface area contributed by atoms with Gasteiger partial charge in [-0.3, -0.25) is 9.59 Å². The number of benzene rings is 2. The maximum atomic E-state index is 13.6. The SMILES string of the molecule is CCCCCCCCCCCCCCCCNc1cccc(NC(=O)[C@H](CCCCCC(C)=O)NC(=O)Cc2c(C)[nH]c3ccc(OC)cc23)c1. The highest BCUT2D eigenvalue weighted by molar-refractivity contribution is 5.98. The Balaban J connectivity index is 1.44. The molecule has 0 radical (unpaired) electrons. The molecule has 8 heteroatoms. The summed E-state index contributed by atoms with van der Waals surface area (Å²) in [6.07, 6.45) is 22.3. The van der Waals surface area contributed by atoms with E-state index in [-0.39, 0.29) is 24.0 Å². The lowest BCUT2D eigenvalue weighted by molar-refractivity contribution is -0.126. The standard InChI is InChI=1S/C43H66N4O4/c1-5-6-7-8-9-10-11-12-13-14-15-16-17-21-29-44-35-24-22-25-36(30-35)46-43(50)41(26-20-18-19-23-33(2)48)47-42(49)32-38-34(3)45-40-28-27-37(51-4)31-39(38)40/h22,24-25,27-28,30-31,41,44-45H,5-21,23,26,29,32H2,1-4H3,(H,46,50)(H,47,49)/t41-/m0/s1. The maximum Gasteiger partial charge on any atom is 0.246 e. The van der Waals surface area contributed by atoms with Crippen molar-refractivity contribution in [1.82, 2.24) is 10.3 Å². The Hall–Kier alpha value is -3.81. The fourth-order valence-electron chi connectivity index (χ4n) is 6.78. The fourth-order valence-corrected chi connectivity index (χ4v) is 6.78. The lowest BCUT2D eigenvalue weighted by atomic mass is 10.0. The highest BCUT2D eigenvalue weighted by atomic mass is 16.5. The van der Waals surface area contributed by atoms with E-state index in [2.05, 4.69) is 27.9 Å². The summed E-state index contributed by atoms with van der Waals surface area (Å²) in [5.74, 6) is 0.439. The van der Waals surface area contributed by atoms with E-state index in [4.69, 9.17) is 4.74 Å². The van der Waals surface area contributed by atoms with E-state index in [1.165, 1.54) is 83.5 Å². The number of carbonyl (C=O) groups is 3. The average molecular weight is 703 g/mol. The first-order valence-electron chi connectivity index (χ1n) is 19.9. The van der Waals surface area contributed by atoms with Crippen molar-refractivity contribution in [3.05, 3.63) is 53.7 Å². The number of methoxy groups -OCH3 is 1. The van der Waals surface area contributed by atoms with Gasteiger partial charge in [0.1, 0.15) is 17.6 Å². The third-order valence-electron chi connectivity index (χ3n) is 9.83. The van der Waals surface area contributed by atoms with Gasteiger partial charge < -0.3 is 30.5 Å². The monoisotopic (exact) mass is 703 g/mol. The molecular formula is C43H66N4O4. The van der Waals surface area contributed by atoms with Crippen LogP contribution < -0.4 is 20.7 Å². The van der Waals surface area contributed by atoms with Gasteiger partial charge in [0.2, 0.25) is 11.8 Å². The lowest BCUT2D eigenvalue weighted by Gasteiger charge is -2.19. The van der Waals surface area contributed by atoms with Gasteiger partial charge in [0, 0.05) is 40.9 Å². The molecule has 0 aliphatic rings. The number of H-pyrrole nitrogens is 1. The summed E-state index contributed by atoms with van der Waals surface area (Å²) in [7, 11) is 1.62. The second-order valence-corrected chi connectivity index (χ2v) is 14.3. The number of unbranched alkanes of at least 4 members (excludes halogenated alkanes) is 15. The van der Waals surface area contributed by atoms with Gasteiger partial charge in [0.05, 0.1) is 13.5 Å². The topological polar surface area (TPSA) is 112 Å². The third kappa shape index (κ3) is 16.4. The van der Waals surface area contributed by atoms with Crippen molar-refractivity contribution < 1.29 is 19.1 Å². The summed E-state index contributed by atoms with van der Waals surface area (Å²) < 4.78 is 5.41. The number of aromatic nitrogens is 1. The summed E-state index contributed by atoms with van der Waals surface area (Å²) in [4.78, 5) is 41.7. The van der Waals surface area contributed by atoms with Crippen LogP contribution in [0.5, 0.6) is 5.75 Å². The molecule has 0 fully saturated rings. The zero-order chi connectivity index (χ0) is 36.7. The van der Waals surface area contributed by atoms with Crippen molar-refractivity contribution in [2.75, 3.05) is 24.3 Å². The number of hydrogen-bond acceptors (Lipinski definition) is 5. The number of nitrogens with one attached hydrogen (secondary N) is 4. The number of aromatic amines is 1. The Morgan fingerprint density at radius 2 is 1.39 bits per heavy atom. The molecule has 2 amide bonds. The highest BCUT2D eigenvalue weighted by Crippen LogP contribution is 2.27. The first kappa shape index (κ1) is 41.6. The van der Waals surface area contributed by atoms with Crippen molar-refractivity contribution in [3.63, 3.8) is 0 Å². The number of hydrogen-bond donors (Lipinski definition) is 4. The van der Waals surface area contributed by atoms with Crippen molar-refractivity contribution in [1.29, 1.82) is 0 Å². The molecule has 0 spiro atoms. The number of fused-ring (bicyclic) bond motifs is 1. The number of aryl methyl sites for hydroxylation is 1. The normalized spacial score (nSPS) is 11.8. The maximum absolute atomic E-state index is 13.6. The Morgan fingerprint density at radius 3 is 2.04 bits per heavy atom. The summed E-state index contributed by atoms with van der Waals surface area (Å²) in [6, 6.07) is 12.9. The van der Waals surface area contributed by atoms with Gasteiger partial charge >= 0.3 is 0 Å². The van der Waals surface area contributed by atoms with Crippen LogP contribution in [0.2, 0.25) is 0 Å². The smallest absolute Gasteiger partial charge is 0.246 e. The Labute approximate surface area is 307 Å². The van der Waals surface area contributed by atoms with Crippen molar-refractivity contribution in [2.45, 2.75) is 155 Å². The molecule has 1 aromatic heterocycles. The molecule has 8 nitrogen and oxygen atoms in total. The molecule has 1 heterocycles. The van der Waals surface area contributed by atoms with Crippen LogP contribution >= 0.6 is 0 Å². The molecule has 0 aliphatic heterocycles. The average Bonchev–Trinajstić information content (AvgIpc) is 3.42. The molecule has 0 aliphatic carbocycles. The molecular weight excluding hydrogens is 636 g/mol. The van der Waals surface area contributed by atoms with Gasteiger partial charge in [-0.25, -0.2) is 0 Å². The van der Waals surface area contributed by atoms with Crippen LogP contribution in [0, 0.1) is 6.92 Å². The number of Topliss-reactive ketones (excluding diaryl/α,β-unsaturated/α-hetero) is 1. The highest BCUT2D eigenvalue weighted by Gasteiger charge is 2.22. The molecule has 0 unspecified atom stereocenters. The van der Waals surface area contributed by atoms with Crippen LogP contribution in [0.4, 0.5) is 11.4 Å². The van der Waals surface area contributed by atoms with Crippen LogP contribution in [0.1, 0.15) is 147 Å². The first-order chi connectivity index (χ1) is 24.8. The van der Waals surface area contributed by atoms with Crippen LogP contribution in [0.25, 0.3) is 10.9 Å². The van der Waals surface area contributed by atoms with E-state index in [1.807, 2.05) is 49.4 Å². The first-order valence-corrected chi connectivity index (χ1v) is 19.9. The van der Waals surface area contributed by atoms with E-state index >= 15 is 0 Å². The largest absolute Gasteiger partial charge is 0.497 e. The van der Waals surface area contributed by atoms with Gasteiger partial charge in [-0.15, -0.1) is 0 Å².